The van der Waals surface area contributed by atoms with E-state index in [-0.39, 0.29) is 40.9 Å². The third kappa shape index (κ3) is 4.76. The topological polar surface area (TPSA) is 93.5 Å². The molecular weight excluding hydrogens is 449 g/mol. The summed E-state index contributed by atoms with van der Waals surface area (Å²) in [7, 11) is -3.78. The lowest BCUT2D eigenvalue weighted by Crippen LogP contribution is -2.32. The van der Waals surface area contributed by atoms with Crippen LogP contribution >= 0.6 is 0 Å². The van der Waals surface area contributed by atoms with Gasteiger partial charge < -0.3 is 14.6 Å². The van der Waals surface area contributed by atoms with E-state index in [2.05, 4.69) is 10.3 Å². The number of carbonyl (C=O) groups is 1. The molecule has 0 unspecified atom stereocenters. The number of imidazole rings is 1. The number of alkyl halides is 3. The number of hydrogen-bond acceptors (Lipinski definition) is 5. The van der Waals surface area contributed by atoms with Crippen LogP contribution < -0.4 is 5.32 Å². The van der Waals surface area contributed by atoms with Crippen LogP contribution in [-0.4, -0.2) is 60.5 Å². The second-order valence-corrected chi connectivity index (χ2v) is 9.97. The summed E-state index contributed by atoms with van der Waals surface area (Å²) in [5, 5.41) is 2.69. The molecule has 0 spiro atoms. The number of ether oxygens (including phenoxy) is 1. The maximum absolute atomic E-state index is 13.6. The Morgan fingerprint density at radius 1 is 1.22 bits per heavy atom. The third-order valence-electron chi connectivity index (χ3n) is 5.79. The summed E-state index contributed by atoms with van der Waals surface area (Å²) < 4.78 is 74.1. The van der Waals surface area contributed by atoms with Crippen LogP contribution in [0.4, 0.5) is 13.2 Å². The SMILES string of the molecule is O=C(CCn1c(C(F)(F)F)nc2cc(S(=O)(=O)N3CCCC3)ccc21)NC[C@@H]1CCCO1. The molecule has 3 heterocycles. The van der Waals surface area contributed by atoms with E-state index in [1.165, 1.54) is 22.5 Å². The standard InChI is InChI=1S/C20H25F3N4O4S/c21-20(22,23)19-25-16-12-15(32(29,30)26-8-1-2-9-26)5-6-17(16)27(19)10-7-18(28)24-13-14-4-3-11-31-14/h5-6,12,14H,1-4,7-11,13H2,(H,24,28)/t14-/m0/s1. The van der Waals surface area contributed by atoms with Gasteiger partial charge in [-0.05, 0) is 43.9 Å². The second kappa shape index (κ2) is 8.99. The molecule has 2 aliphatic heterocycles. The fourth-order valence-corrected chi connectivity index (χ4v) is 5.66. The number of halogens is 3. The highest BCUT2D eigenvalue weighted by atomic mass is 32.2. The van der Waals surface area contributed by atoms with Crippen LogP contribution in [0.2, 0.25) is 0 Å². The van der Waals surface area contributed by atoms with Crippen molar-refractivity contribution in [1.82, 2.24) is 19.2 Å². The van der Waals surface area contributed by atoms with Crippen molar-refractivity contribution in [3.8, 4) is 0 Å². The lowest BCUT2D eigenvalue weighted by molar-refractivity contribution is -0.147. The molecule has 2 saturated heterocycles. The first-order chi connectivity index (χ1) is 15.2. The van der Waals surface area contributed by atoms with E-state index in [0.717, 1.165) is 30.3 Å². The van der Waals surface area contributed by atoms with Gasteiger partial charge >= 0.3 is 6.18 Å². The average Bonchev–Trinajstić information content (AvgIpc) is 3.50. The van der Waals surface area contributed by atoms with Crippen LogP contribution in [0, 0.1) is 0 Å². The Morgan fingerprint density at radius 3 is 2.62 bits per heavy atom. The normalized spacial score (nSPS) is 20.3. The number of benzene rings is 1. The summed E-state index contributed by atoms with van der Waals surface area (Å²) in [6.07, 6.45) is -1.71. The molecule has 4 rings (SSSR count). The first kappa shape index (κ1) is 23.0. The number of fused-ring (bicyclic) bond motifs is 1. The lowest BCUT2D eigenvalue weighted by Gasteiger charge is -2.15. The monoisotopic (exact) mass is 474 g/mol. The van der Waals surface area contributed by atoms with Crippen LogP contribution in [0.1, 0.15) is 37.9 Å². The minimum absolute atomic E-state index is 0.0604. The molecule has 0 saturated carbocycles. The quantitative estimate of drug-likeness (QED) is 0.666. The summed E-state index contributed by atoms with van der Waals surface area (Å²) >= 11 is 0. The maximum atomic E-state index is 13.6. The van der Waals surface area contributed by atoms with Gasteiger partial charge in [-0.3, -0.25) is 4.79 Å². The lowest BCUT2D eigenvalue weighted by atomic mass is 10.2. The van der Waals surface area contributed by atoms with Gasteiger partial charge in [0.25, 0.3) is 0 Å². The molecule has 0 radical (unpaired) electrons. The number of carbonyl (C=O) groups excluding carboxylic acids is 1. The predicted octanol–water partition coefficient (Wildman–Crippen LogP) is 2.52. The number of nitrogens with zero attached hydrogens (tertiary/aromatic N) is 3. The zero-order valence-electron chi connectivity index (χ0n) is 17.4. The fraction of sp³-hybridized carbons (Fsp3) is 0.600. The van der Waals surface area contributed by atoms with Crippen molar-refractivity contribution in [2.24, 2.45) is 0 Å². The van der Waals surface area contributed by atoms with Crippen LogP contribution in [0.25, 0.3) is 11.0 Å². The summed E-state index contributed by atoms with van der Waals surface area (Å²) in [4.78, 5) is 15.7. The Morgan fingerprint density at radius 2 is 1.97 bits per heavy atom. The van der Waals surface area contributed by atoms with Gasteiger partial charge in [-0.1, -0.05) is 0 Å². The van der Waals surface area contributed by atoms with Crippen molar-refractivity contribution in [2.75, 3.05) is 26.2 Å². The molecule has 1 atom stereocenters. The van der Waals surface area contributed by atoms with Gasteiger partial charge in [-0.25, -0.2) is 13.4 Å². The molecule has 8 nitrogen and oxygen atoms in total. The van der Waals surface area contributed by atoms with Gasteiger partial charge in [-0.2, -0.15) is 17.5 Å². The van der Waals surface area contributed by atoms with E-state index in [9.17, 15) is 26.4 Å². The molecule has 2 aliphatic rings. The van der Waals surface area contributed by atoms with E-state index < -0.39 is 22.0 Å². The van der Waals surface area contributed by atoms with Crippen LogP contribution in [0.15, 0.2) is 23.1 Å². The van der Waals surface area contributed by atoms with Crippen LogP contribution in [0.5, 0.6) is 0 Å². The van der Waals surface area contributed by atoms with E-state index in [1.54, 1.807) is 0 Å². The number of amides is 1. The van der Waals surface area contributed by atoms with Gasteiger partial charge in [0.2, 0.25) is 21.8 Å². The highest BCUT2D eigenvalue weighted by molar-refractivity contribution is 7.89. The Bertz CT molecular complexity index is 1090. The van der Waals surface area contributed by atoms with Gasteiger partial charge in [0.05, 0.1) is 22.0 Å². The summed E-state index contributed by atoms with van der Waals surface area (Å²) in [5.41, 5.74) is 0.0574. The Kier molecular flexibility index (Phi) is 6.46. The molecule has 32 heavy (non-hydrogen) atoms. The Labute approximate surface area is 183 Å². The van der Waals surface area contributed by atoms with Crippen LogP contribution in [0.3, 0.4) is 0 Å². The van der Waals surface area contributed by atoms with Crippen molar-refractivity contribution in [3.63, 3.8) is 0 Å². The second-order valence-electron chi connectivity index (χ2n) is 8.04. The molecule has 0 bridgehead atoms. The predicted molar refractivity (Wildman–Crippen MR) is 109 cm³/mol. The van der Waals surface area contributed by atoms with E-state index in [4.69, 9.17) is 4.74 Å². The maximum Gasteiger partial charge on any atom is 0.449 e. The van der Waals surface area contributed by atoms with E-state index in [0.29, 0.717) is 26.2 Å². The molecule has 1 aromatic carbocycles. The van der Waals surface area contributed by atoms with Crippen molar-refractivity contribution in [2.45, 2.75) is 55.8 Å². The highest BCUT2D eigenvalue weighted by Gasteiger charge is 2.38. The van der Waals surface area contributed by atoms with Gasteiger partial charge in [-0.15, -0.1) is 0 Å². The zero-order chi connectivity index (χ0) is 22.9. The van der Waals surface area contributed by atoms with Crippen molar-refractivity contribution in [3.05, 3.63) is 24.0 Å². The van der Waals surface area contributed by atoms with Gasteiger partial charge in [0.1, 0.15) is 0 Å². The first-order valence-electron chi connectivity index (χ1n) is 10.6. The summed E-state index contributed by atoms with van der Waals surface area (Å²) in [6.45, 7) is 1.52. The summed E-state index contributed by atoms with van der Waals surface area (Å²) in [5.74, 6) is -1.54. The summed E-state index contributed by atoms with van der Waals surface area (Å²) in [6, 6.07) is 3.79. The highest BCUT2D eigenvalue weighted by Crippen LogP contribution is 2.33. The average molecular weight is 475 g/mol. The molecule has 176 valence electrons. The van der Waals surface area contributed by atoms with Crippen molar-refractivity contribution < 1.29 is 31.1 Å². The number of sulfonamides is 1. The van der Waals surface area contributed by atoms with Crippen LogP contribution in [-0.2, 0) is 32.3 Å². The molecular formula is C20H25F3N4O4S. The first-order valence-corrected chi connectivity index (χ1v) is 12.1. The number of rotatable bonds is 7. The smallest absolute Gasteiger partial charge is 0.376 e. The Balaban J connectivity index is 1.56. The number of aryl methyl sites for hydroxylation is 1. The van der Waals surface area contributed by atoms with Crippen molar-refractivity contribution >= 4 is 27.0 Å². The minimum atomic E-state index is -4.75. The Hall–Kier alpha value is -2.18. The van der Waals surface area contributed by atoms with E-state index >= 15 is 0 Å². The molecule has 1 N–H and O–H groups in total. The van der Waals surface area contributed by atoms with Crippen molar-refractivity contribution in [1.29, 1.82) is 0 Å². The zero-order valence-corrected chi connectivity index (χ0v) is 18.2. The number of hydrogen-bond donors (Lipinski definition) is 1. The fourth-order valence-electron chi connectivity index (χ4n) is 4.13. The van der Waals surface area contributed by atoms with E-state index in [1.807, 2.05) is 0 Å². The van der Waals surface area contributed by atoms with Gasteiger partial charge in [0.15, 0.2) is 0 Å². The minimum Gasteiger partial charge on any atom is -0.376 e. The largest absolute Gasteiger partial charge is 0.449 e. The molecule has 2 fully saturated rings. The molecule has 2 aromatic rings. The molecule has 1 amide bonds. The van der Waals surface area contributed by atoms with Gasteiger partial charge in [0, 0.05) is 39.2 Å². The molecule has 0 aliphatic carbocycles. The molecule has 12 heteroatoms. The number of aromatic nitrogens is 2. The number of nitrogens with one attached hydrogen (secondary N) is 1. The molecule has 1 aromatic heterocycles. The third-order valence-corrected chi connectivity index (χ3v) is 7.68.